The Morgan fingerprint density at radius 3 is 2.70 bits per heavy atom. The Morgan fingerprint density at radius 2 is 2.10 bits per heavy atom. The summed E-state index contributed by atoms with van der Waals surface area (Å²) in [4.78, 5) is 26.4. The van der Waals surface area contributed by atoms with Gasteiger partial charge >= 0.3 is 0 Å². The molecular weight excluding hydrogens is 276 g/mol. The molecule has 5 nitrogen and oxygen atoms in total. The molecule has 0 saturated carbocycles. The van der Waals surface area contributed by atoms with E-state index >= 15 is 0 Å². The molecule has 0 aliphatic carbocycles. The zero-order valence-corrected chi connectivity index (χ0v) is 13.2. The molecule has 2 aliphatic rings. The van der Waals surface area contributed by atoms with Crippen molar-refractivity contribution in [3.8, 4) is 0 Å². The highest BCUT2D eigenvalue weighted by atomic mass is 32.2. The molecule has 0 spiro atoms. The standard InChI is InChI=1S/C14H24N2O3S/c1-9(2)10(3)15-13(17)11-7-20-8-16(11)14(18)12-5-4-6-19-12/h9-12H,4-8H2,1-3H3,(H,15,17)/t10-,11+,12-/m0/s1. The van der Waals surface area contributed by atoms with Gasteiger partial charge < -0.3 is 15.0 Å². The van der Waals surface area contributed by atoms with E-state index in [0.717, 1.165) is 12.8 Å². The Kier molecular flexibility index (Phi) is 5.32. The number of hydrogen-bond donors (Lipinski definition) is 1. The van der Waals surface area contributed by atoms with Gasteiger partial charge in [-0.1, -0.05) is 13.8 Å². The van der Waals surface area contributed by atoms with Crippen LogP contribution in [-0.4, -0.2) is 53.1 Å². The first kappa shape index (κ1) is 15.6. The van der Waals surface area contributed by atoms with E-state index in [-0.39, 0.29) is 30.0 Å². The monoisotopic (exact) mass is 300 g/mol. The summed E-state index contributed by atoms with van der Waals surface area (Å²) < 4.78 is 5.44. The molecule has 0 aromatic rings. The van der Waals surface area contributed by atoms with Crippen molar-refractivity contribution >= 4 is 23.6 Å². The van der Waals surface area contributed by atoms with Gasteiger partial charge in [-0.25, -0.2) is 0 Å². The highest BCUT2D eigenvalue weighted by Crippen LogP contribution is 2.25. The molecule has 20 heavy (non-hydrogen) atoms. The van der Waals surface area contributed by atoms with Crippen molar-refractivity contribution in [2.24, 2.45) is 5.92 Å². The van der Waals surface area contributed by atoms with Crippen molar-refractivity contribution in [3.05, 3.63) is 0 Å². The van der Waals surface area contributed by atoms with E-state index in [1.807, 2.05) is 6.92 Å². The van der Waals surface area contributed by atoms with Gasteiger partial charge in [-0.3, -0.25) is 9.59 Å². The second-order valence-corrected chi connectivity index (χ2v) is 6.87. The third-order valence-electron chi connectivity index (χ3n) is 4.04. The van der Waals surface area contributed by atoms with Crippen LogP contribution in [0.3, 0.4) is 0 Å². The van der Waals surface area contributed by atoms with Crippen LogP contribution in [0.1, 0.15) is 33.6 Å². The number of rotatable bonds is 4. The summed E-state index contributed by atoms with van der Waals surface area (Å²) in [6.07, 6.45) is 1.36. The predicted molar refractivity (Wildman–Crippen MR) is 79.4 cm³/mol. The maximum Gasteiger partial charge on any atom is 0.253 e. The Hall–Kier alpha value is -0.750. The first-order chi connectivity index (χ1) is 9.50. The molecule has 0 aromatic carbocycles. The molecule has 3 atom stereocenters. The van der Waals surface area contributed by atoms with Gasteiger partial charge in [0.15, 0.2) is 0 Å². The average Bonchev–Trinajstić information content (AvgIpc) is 3.08. The average molecular weight is 300 g/mol. The number of ether oxygens (including phenoxy) is 1. The fourth-order valence-corrected chi connectivity index (χ4v) is 3.49. The molecule has 0 aromatic heterocycles. The summed E-state index contributed by atoms with van der Waals surface area (Å²) in [5.74, 6) is 1.59. The highest BCUT2D eigenvalue weighted by Gasteiger charge is 2.39. The van der Waals surface area contributed by atoms with Crippen LogP contribution in [0.4, 0.5) is 0 Å². The zero-order valence-electron chi connectivity index (χ0n) is 12.4. The third kappa shape index (κ3) is 3.47. The quantitative estimate of drug-likeness (QED) is 0.848. The third-order valence-corrected chi connectivity index (χ3v) is 5.06. The van der Waals surface area contributed by atoms with E-state index in [1.54, 1.807) is 16.7 Å². The first-order valence-corrected chi connectivity index (χ1v) is 8.46. The van der Waals surface area contributed by atoms with E-state index in [1.165, 1.54) is 0 Å². The van der Waals surface area contributed by atoms with E-state index in [9.17, 15) is 9.59 Å². The van der Waals surface area contributed by atoms with Crippen molar-refractivity contribution in [3.63, 3.8) is 0 Å². The number of thioether (sulfide) groups is 1. The van der Waals surface area contributed by atoms with Gasteiger partial charge in [0.1, 0.15) is 12.1 Å². The number of amides is 2. The van der Waals surface area contributed by atoms with Gasteiger partial charge in [0, 0.05) is 18.4 Å². The molecule has 2 heterocycles. The Labute approximate surface area is 124 Å². The number of nitrogens with zero attached hydrogens (tertiary/aromatic N) is 1. The Balaban J connectivity index is 1.95. The fraction of sp³-hybridized carbons (Fsp3) is 0.857. The summed E-state index contributed by atoms with van der Waals surface area (Å²) in [5.41, 5.74) is 0. The second kappa shape index (κ2) is 6.80. The molecule has 2 fully saturated rings. The Bertz CT molecular complexity index is 369. The van der Waals surface area contributed by atoms with E-state index in [4.69, 9.17) is 4.74 Å². The Morgan fingerprint density at radius 1 is 1.35 bits per heavy atom. The molecule has 6 heteroatoms. The van der Waals surface area contributed by atoms with Crippen LogP contribution in [0.5, 0.6) is 0 Å². The molecule has 2 rings (SSSR count). The summed E-state index contributed by atoms with van der Waals surface area (Å²) >= 11 is 1.63. The van der Waals surface area contributed by atoms with Gasteiger partial charge in [0.25, 0.3) is 5.91 Å². The number of carbonyl (C=O) groups excluding carboxylic acids is 2. The SMILES string of the molecule is CC(C)[C@H](C)NC(=O)[C@H]1CSCN1C(=O)[C@@H]1CCCO1. The molecule has 0 radical (unpaired) electrons. The van der Waals surface area contributed by atoms with Crippen LogP contribution in [0, 0.1) is 5.92 Å². The molecule has 2 amide bonds. The highest BCUT2D eigenvalue weighted by molar-refractivity contribution is 7.99. The molecule has 114 valence electrons. The first-order valence-electron chi connectivity index (χ1n) is 7.31. The number of hydrogen-bond acceptors (Lipinski definition) is 4. The minimum atomic E-state index is -0.349. The summed E-state index contributed by atoms with van der Waals surface area (Å²) in [6.45, 7) is 6.79. The van der Waals surface area contributed by atoms with E-state index in [0.29, 0.717) is 24.2 Å². The summed E-state index contributed by atoms with van der Waals surface area (Å²) in [6, 6.07) is -0.231. The van der Waals surface area contributed by atoms with Crippen LogP contribution >= 0.6 is 11.8 Å². The van der Waals surface area contributed by atoms with Crippen molar-refractivity contribution in [2.45, 2.75) is 51.8 Å². The topological polar surface area (TPSA) is 58.6 Å². The van der Waals surface area contributed by atoms with Crippen LogP contribution in [0.25, 0.3) is 0 Å². The summed E-state index contributed by atoms with van der Waals surface area (Å²) in [5, 5.41) is 3.01. The molecule has 1 N–H and O–H groups in total. The maximum atomic E-state index is 12.4. The van der Waals surface area contributed by atoms with Crippen LogP contribution in [0.15, 0.2) is 0 Å². The minimum Gasteiger partial charge on any atom is -0.368 e. The smallest absolute Gasteiger partial charge is 0.253 e. The molecular formula is C14H24N2O3S. The lowest BCUT2D eigenvalue weighted by Crippen LogP contribution is -2.52. The van der Waals surface area contributed by atoms with Crippen LogP contribution < -0.4 is 5.32 Å². The number of carbonyl (C=O) groups is 2. The normalized spacial score (nSPS) is 27.9. The lowest BCUT2D eigenvalue weighted by atomic mass is 10.1. The van der Waals surface area contributed by atoms with Crippen LogP contribution in [-0.2, 0) is 14.3 Å². The van der Waals surface area contributed by atoms with E-state index < -0.39 is 0 Å². The van der Waals surface area contributed by atoms with Crippen LogP contribution in [0.2, 0.25) is 0 Å². The number of nitrogens with one attached hydrogen (secondary N) is 1. The largest absolute Gasteiger partial charge is 0.368 e. The zero-order chi connectivity index (χ0) is 14.7. The van der Waals surface area contributed by atoms with Gasteiger partial charge in [0.05, 0.1) is 5.88 Å². The molecule has 0 bridgehead atoms. The van der Waals surface area contributed by atoms with Crippen molar-refractivity contribution < 1.29 is 14.3 Å². The lowest BCUT2D eigenvalue weighted by molar-refractivity contribution is -0.145. The van der Waals surface area contributed by atoms with Crippen molar-refractivity contribution in [1.82, 2.24) is 10.2 Å². The molecule has 0 unspecified atom stereocenters. The molecule has 2 saturated heterocycles. The minimum absolute atomic E-state index is 0.0233. The maximum absolute atomic E-state index is 12.4. The fourth-order valence-electron chi connectivity index (χ4n) is 2.32. The summed E-state index contributed by atoms with van der Waals surface area (Å²) in [7, 11) is 0. The lowest BCUT2D eigenvalue weighted by Gasteiger charge is -2.27. The molecule has 2 aliphatic heterocycles. The van der Waals surface area contributed by atoms with Gasteiger partial charge in [-0.2, -0.15) is 0 Å². The van der Waals surface area contributed by atoms with Gasteiger partial charge in [0.2, 0.25) is 5.91 Å². The van der Waals surface area contributed by atoms with Crippen molar-refractivity contribution in [1.29, 1.82) is 0 Å². The second-order valence-electron chi connectivity index (χ2n) is 5.87. The van der Waals surface area contributed by atoms with Gasteiger partial charge in [-0.05, 0) is 25.7 Å². The predicted octanol–water partition coefficient (Wildman–Crippen LogP) is 1.23. The van der Waals surface area contributed by atoms with Crippen molar-refractivity contribution in [2.75, 3.05) is 18.2 Å². The van der Waals surface area contributed by atoms with Gasteiger partial charge in [-0.15, -0.1) is 11.8 Å². The van der Waals surface area contributed by atoms with E-state index in [2.05, 4.69) is 19.2 Å².